The third kappa shape index (κ3) is 6.02. The van der Waals surface area contributed by atoms with E-state index >= 15 is 0 Å². The molecule has 0 atom stereocenters. The summed E-state index contributed by atoms with van der Waals surface area (Å²) < 4.78 is 18.8. The predicted molar refractivity (Wildman–Crippen MR) is 77.2 cm³/mol. The molecule has 1 amide bonds. The summed E-state index contributed by atoms with van der Waals surface area (Å²) >= 11 is 0. The Kier molecular flexibility index (Phi) is 7.01. The van der Waals surface area contributed by atoms with Gasteiger partial charge in [-0.2, -0.15) is 0 Å². The van der Waals surface area contributed by atoms with Crippen LogP contribution < -0.4 is 15.4 Å². The lowest BCUT2D eigenvalue weighted by atomic mass is 10.2. The summed E-state index contributed by atoms with van der Waals surface area (Å²) in [6, 6.07) is 4.73. The molecule has 2 N–H and O–H groups in total. The summed E-state index contributed by atoms with van der Waals surface area (Å²) in [5.74, 6) is 0.280. The zero-order chi connectivity index (χ0) is 15.0. The second-order valence-corrected chi connectivity index (χ2v) is 4.84. The van der Waals surface area contributed by atoms with Gasteiger partial charge >= 0.3 is 0 Å². The summed E-state index contributed by atoms with van der Waals surface area (Å²) in [5.41, 5.74) is 0.759. The first kappa shape index (κ1) is 16.4. The molecule has 0 heterocycles. The average Bonchev–Trinajstić information content (AvgIpc) is 2.38. The highest BCUT2D eigenvalue weighted by Gasteiger charge is 2.07. The molecule has 0 aliphatic rings. The van der Waals surface area contributed by atoms with Gasteiger partial charge in [0.25, 0.3) is 0 Å². The molecule has 0 radical (unpaired) electrons. The minimum Gasteiger partial charge on any atom is -0.493 e. The number of hydrogen-bond acceptors (Lipinski definition) is 3. The maximum absolute atomic E-state index is 13.3. The highest BCUT2D eigenvalue weighted by molar-refractivity contribution is 5.75. The van der Waals surface area contributed by atoms with Gasteiger partial charge in [0.2, 0.25) is 5.91 Å². The fourth-order valence-electron chi connectivity index (χ4n) is 1.68. The number of carbonyl (C=O) groups is 1. The monoisotopic (exact) mass is 282 g/mol. The average molecular weight is 282 g/mol. The lowest BCUT2D eigenvalue weighted by molar-refractivity contribution is -0.121. The zero-order valence-electron chi connectivity index (χ0n) is 12.3. The first-order chi connectivity index (χ1) is 9.52. The second kappa shape index (κ2) is 8.53. The van der Waals surface area contributed by atoms with Crippen LogP contribution in [0.25, 0.3) is 0 Å². The summed E-state index contributed by atoms with van der Waals surface area (Å²) in [6.45, 7) is 7.34. The van der Waals surface area contributed by atoms with Crippen molar-refractivity contribution in [2.45, 2.75) is 39.8 Å². The Bertz CT molecular complexity index is 436. The number of nitrogens with one attached hydrogen (secondary N) is 2. The summed E-state index contributed by atoms with van der Waals surface area (Å²) in [7, 11) is 0. The zero-order valence-corrected chi connectivity index (χ0v) is 12.3. The molecule has 0 saturated carbocycles. The maximum atomic E-state index is 13.3. The second-order valence-electron chi connectivity index (χ2n) is 4.84. The van der Waals surface area contributed by atoms with E-state index in [2.05, 4.69) is 10.6 Å². The van der Waals surface area contributed by atoms with E-state index in [1.807, 2.05) is 20.8 Å². The molecule has 1 aromatic rings. The topological polar surface area (TPSA) is 50.4 Å². The van der Waals surface area contributed by atoms with Crippen LogP contribution in [0.3, 0.4) is 0 Å². The molecule has 0 bridgehead atoms. The smallest absolute Gasteiger partial charge is 0.223 e. The number of rotatable bonds is 8. The number of carbonyl (C=O) groups excluding carboxylic acids is 1. The van der Waals surface area contributed by atoms with Gasteiger partial charge in [0.1, 0.15) is 11.6 Å². The molecular weight excluding hydrogens is 259 g/mol. The predicted octanol–water partition coefficient (Wildman–Crippen LogP) is 2.23. The number of halogens is 1. The Morgan fingerprint density at radius 3 is 2.80 bits per heavy atom. The Morgan fingerprint density at radius 2 is 2.15 bits per heavy atom. The Hall–Kier alpha value is -1.62. The van der Waals surface area contributed by atoms with Crippen molar-refractivity contribution in [1.29, 1.82) is 0 Å². The van der Waals surface area contributed by atoms with Crippen LogP contribution in [0.5, 0.6) is 5.75 Å². The van der Waals surface area contributed by atoms with Crippen LogP contribution in [0.2, 0.25) is 0 Å². The molecule has 5 heteroatoms. The number of ether oxygens (including phenoxy) is 1. The van der Waals surface area contributed by atoms with Crippen LogP contribution in [-0.4, -0.2) is 25.1 Å². The quantitative estimate of drug-likeness (QED) is 0.769. The lowest BCUT2D eigenvalue weighted by Gasteiger charge is -2.14. The molecule has 0 aromatic heterocycles. The summed E-state index contributed by atoms with van der Waals surface area (Å²) in [6.07, 6.45) is 0.294. The van der Waals surface area contributed by atoms with E-state index in [9.17, 15) is 9.18 Å². The van der Waals surface area contributed by atoms with Crippen LogP contribution in [0.15, 0.2) is 18.2 Å². The fourth-order valence-corrected chi connectivity index (χ4v) is 1.68. The Balaban J connectivity index is 2.57. The van der Waals surface area contributed by atoms with Gasteiger partial charge in [0.15, 0.2) is 0 Å². The number of amides is 1. The largest absolute Gasteiger partial charge is 0.493 e. The van der Waals surface area contributed by atoms with Crippen molar-refractivity contribution >= 4 is 5.91 Å². The lowest BCUT2D eigenvalue weighted by Crippen LogP contribution is -2.25. The van der Waals surface area contributed by atoms with Crippen LogP contribution in [0.4, 0.5) is 4.39 Å². The van der Waals surface area contributed by atoms with Gasteiger partial charge in [-0.15, -0.1) is 0 Å². The molecular formula is C15H23FN2O2. The highest BCUT2D eigenvalue weighted by Crippen LogP contribution is 2.20. The van der Waals surface area contributed by atoms with Crippen molar-refractivity contribution in [1.82, 2.24) is 10.6 Å². The van der Waals surface area contributed by atoms with E-state index in [1.54, 1.807) is 6.07 Å². The van der Waals surface area contributed by atoms with E-state index in [0.717, 1.165) is 5.56 Å². The van der Waals surface area contributed by atoms with Crippen molar-refractivity contribution in [2.24, 2.45) is 0 Å². The van der Waals surface area contributed by atoms with E-state index in [4.69, 9.17) is 4.74 Å². The molecule has 112 valence electrons. The molecule has 0 saturated heterocycles. The molecule has 0 unspecified atom stereocenters. The van der Waals surface area contributed by atoms with E-state index in [0.29, 0.717) is 31.3 Å². The van der Waals surface area contributed by atoms with Gasteiger partial charge in [-0.05, 0) is 25.1 Å². The highest BCUT2D eigenvalue weighted by atomic mass is 19.1. The summed E-state index contributed by atoms with van der Waals surface area (Å²) in [5, 5.41) is 5.93. The van der Waals surface area contributed by atoms with Gasteiger partial charge in [-0.1, -0.05) is 13.8 Å². The van der Waals surface area contributed by atoms with Crippen molar-refractivity contribution in [3.8, 4) is 5.75 Å². The third-order valence-electron chi connectivity index (χ3n) is 2.68. The van der Waals surface area contributed by atoms with Gasteiger partial charge in [-0.3, -0.25) is 4.79 Å². The molecule has 1 rings (SSSR count). The SMILES string of the molecule is CCNC(=O)CCOc1ccc(F)cc1CNC(C)C. The molecule has 4 nitrogen and oxygen atoms in total. The number of benzene rings is 1. The molecule has 0 aliphatic carbocycles. The van der Waals surface area contributed by atoms with Crippen LogP contribution in [0.1, 0.15) is 32.8 Å². The summed E-state index contributed by atoms with van der Waals surface area (Å²) in [4.78, 5) is 11.3. The first-order valence-electron chi connectivity index (χ1n) is 6.94. The van der Waals surface area contributed by atoms with Gasteiger partial charge < -0.3 is 15.4 Å². The van der Waals surface area contributed by atoms with E-state index < -0.39 is 0 Å². The van der Waals surface area contributed by atoms with E-state index in [-0.39, 0.29) is 18.3 Å². The maximum Gasteiger partial charge on any atom is 0.223 e. The Morgan fingerprint density at radius 1 is 1.40 bits per heavy atom. The molecule has 0 fully saturated rings. The molecule has 1 aromatic carbocycles. The molecule has 0 spiro atoms. The van der Waals surface area contributed by atoms with Crippen LogP contribution >= 0.6 is 0 Å². The van der Waals surface area contributed by atoms with Crippen LogP contribution in [-0.2, 0) is 11.3 Å². The molecule has 20 heavy (non-hydrogen) atoms. The third-order valence-corrected chi connectivity index (χ3v) is 2.68. The van der Waals surface area contributed by atoms with Crippen LogP contribution in [0, 0.1) is 5.82 Å². The minimum atomic E-state index is -0.290. The van der Waals surface area contributed by atoms with Gasteiger partial charge in [-0.25, -0.2) is 4.39 Å². The fraction of sp³-hybridized carbons (Fsp3) is 0.533. The molecule has 0 aliphatic heterocycles. The Labute approximate surface area is 119 Å². The van der Waals surface area contributed by atoms with Crippen molar-refractivity contribution in [3.63, 3.8) is 0 Å². The normalized spacial score (nSPS) is 10.7. The minimum absolute atomic E-state index is 0.0449. The van der Waals surface area contributed by atoms with E-state index in [1.165, 1.54) is 12.1 Å². The van der Waals surface area contributed by atoms with Crippen molar-refractivity contribution in [3.05, 3.63) is 29.6 Å². The standard InChI is InChI=1S/C15H23FN2O2/c1-4-17-15(19)7-8-20-14-6-5-13(16)9-12(14)10-18-11(2)3/h5-6,9,11,18H,4,7-8,10H2,1-3H3,(H,17,19). The van der Waals surface area contributed by atoms with Gasteiger partial charge in [0.05, 0.1) is 13.0 Å². The first-order valence-corrected chi connectivity index (χ1v) is 6.94. The number of hydrogen-bond donors (Lipinski definition) is 2. The van der Waals surface area contributed by atoms with Crippen molar-refractivity contribution in [2.75, 3.05) is 13.2 Å². The van der Waals surface area contributed by atoms with Crippen molar-refractivity contribution < 1.29 is 13.9 Å². The van der Waals surface area contributed by atoms with Gasteiger partial charge in [0, 0.05) is 24.7 Å².